The van der Waals surface area contributed by atoms with Gasteiger partial charge in [0.25, 0.3) is 0 Å². The van der Waals surface area contributed by atoms with Gasteiger partial charge in [0, 0.05) is 23.0 Å². The molecular weight excluding hydrogens is 333 g/mol. The third-order valence-corrected chi connectivity index (χ3v) is 3.97. The molecule has 0 spiro atoms. The van der Waals surface area contributed by atoms with Gasteiger partial charge in [0.1, 0.15) is 11.4 Å². The highest BCUT2D eigenvalue weighted by atomic mass is 19.1. The number of nitrogens with zero attached hydrogens (tertiary/aromatic N) is 2. The first-order valence-electron chi connectivity index (χ1n) is 8.46. The SMILES string of the molecule is CCCOC(=O)c1cnc2nc(C)ccc2c1Nc1ccc(F)cc1C. The van der Waals surface area contributed by atoms with Gasteiger partial charge in [-0.05, 0) is 56.2 Å². The van der Waals surface area contributed by atoms with E-state index in [1.807, 2.05) is 26.0 Å². The normalized spacial score (nSPS) is 10.8. The van der Waals surface area contributed by atoms with Gasteiger partial charge < -0.3 is 10.1 Å². The molecule has 0 radical (unpaired) electrons. The number of halogens is 1. The minimum absolute atomic E-state index is 0.312. The van der Waals surface area contributed by atoms with Gasteiger partial charge in [-0.2, -0.15) is 0 Å². The molecule has 0 atom stereocenters. The van der Waals surface area contributed by atoms with Crippen molar-refractivity contribution in [1.29, 1.82) is 0 Å². The minimum Gasteiger partial charge on any atom is -0.462 e. The first-order chi connectivity index (χ1) is 12.5. The highest BCUT2D eigenvalue weighted by Crippen LogP contribution is 2.30. The van der Waals surface area contributed by atoms with Crippen molar-refractivity contribution in [3.8, 4) is 0 Å². The molecule has 0 aliphatic heterocycles. The van der Waals surface area contributed by atoms with E-state index in [0.29, 0.717) is 34.6 Å². The molecule has 0 saturated carbocycles. The predicted molar refractivity (Wildman–Crippen MR) is 99.3 cm³/mol. The van der Waals surface area contributed by atoms with Crippen molar-refractivity contribution in [1.82, 2.24) is 9.97 Å². The molecule has 0 aliphatic rings. The van der Waals surface area contributed by atoms with Crippen molar-refractivity contribution in [2.75, 3.05) is 11.9 Å². The fourth-order valence-corrected chi connectivity index (χ4v) is 2.64. The van der Waals surface area contributed by atoms with Gasteiger partial charge in [0.15, 0.2) is 5.65 Å². The molecule has 0 fully saturated rings. The summed E-state index contributed by atoms with van der Waals surface area (Å²) < 4.78 is 18.7. The number of benzene rings is 1. The van der Waals surface area contributed by atoms with Crippen LogP contribution in [0.15, 0.2) is 36.5 Å². The monoisotopic (exact) mass is 353 g/mol. The maximum Gasteiger partial charge on any atom is 0.341 e. The summed E-state index contributed by atoms with van der Waals surface area (Å²) in [5, 5.41) is 3.94. The van der Waals surface area contributed by atoms with E-state index in [1.54, 1.807) is 13.0 Å². The molecule has 3 aromatic rings. The Hall–Kier alpha value is -3.02. The number of aryl methyl sites for hydroxylation is 2. The van der Waals surface area contributed by atoms with E-state index < -0.39 is 5.97 Å². The summed E-state index contributed by atoms with van der Waals surface area (Å²) >= 11 is 0. The Morgan fingerprint density at radius 1 is 1.23 bits per heavy atom. The molecule has 5 nitrogen and oxygen atoms in total. The summed E-state index contributed by atoms with van der Waals surface area (Å²) in [6.45, 7) is 5.94. The van der Waals surface area contributed by atoms with Crippen LogP contribution in [0.3, 0.4) is 0 Å². The van der Waals surface area contributed by atoms with Crippen molar-refractivity contribution in [2.45, 2.75) is 27.2 Å². The Balaban J connectivity index is 2.13. The van der Waals surface area contributed by atoms with E-state index in [0.717, 1.165) is 17.7 Å². The molecule has 0 saturated heterocycles. The van der Waals surface area contributed by atoms with Crippen LogP contribution in [0.4, 0.5) is 15.8 Å². The van der Waals surface area contributed by atoms with Gasteiger partial charge in [0.05, 0.1) is 12.3 Å². The maximum absolute atomic E-state index is 13.4. The van der Waals surface area contributed by atoms with Crippen LogP contribution in [0.2, 0.25) is 0 Å². The molecule has 1 N–H and O–H groups in total. The summed E-state index contributed by atoms with van der Waals surface area (Å²) in [6.07, 6.45) is 2.20. The molecule has 0 unspecified atom stereocenters. The lowest BCUT2D eigenvalue weighted by Gasteiger charge is -2.15. The van der Waals surface area contributed by atoms with Crippen molar-refractivity contribution in [3.05, 3.63) is 59.2 Å². The van der Waals surface area contributed by atoms with Crippen LogP contribution in [0.5, 0.6) is 0 Å². The fourth-order valence-electron chi connectivity index (χ4n) is 2.64. The quantitative estimate of drug-likeness (QED) is 0.674. The molecule has 2 aromatic heterocycles. The highest BCUT2D eigenvalue weighted by Gasteiger charge is 2.18. The lowest BCUT2D eigenvalue weighted by atomic mass is 10.1. The van der Waals surface area contributed by atoms with Gasteiger partial charge >= 0.3 is 5.97 Å². The summed E-state index contributed by atoms with van der Waals surface area (Å²) in [5.41, 5.74) is 3.65. The molecule has 2 heterocycles. The number of carbonyl (C=O) groups excluding carboxylic acids is 1. The second-order valence-corrected chi connectivity index (χ2v) is 6.09. The lowest BCUT2D eigenvalue weighted by molar-refractivity contribution is 0.0506. The van der Waals surface area contributed by atoms with Crippen molar-refractivity contribution >= 4 is 28.4 Å². The molecule has 0 aliphatic carbocycles. The van der Waals surface area contributed by atoms with E-state index in [9.17, 15) is 9.18 Å². The smallest absolute Gasteiger partial charge is 0.341 e. The maximum atomic E-state index is 13.4. The van der Waals surface area contributed by atoms with E-state index in [1.165, 1.54) is 18.3 Å². The lowest BCUT2D eigenvalue weighted by Crippen LogP contribution is -2.10. The van der Waals surface area contributed by atoms with Gasteiger partial charge in [-0.1, -0.05) is 6.92 Å². The number of fused-ring (bicyclic) bond motifs is 1. The zero-order valence-corrected chi connectivity index (χ0v) is 15.0. The van der Waals surface area contributed by atoms with E-state index >= 15 is 0 Å². The number of anilines is 2. The molecule has 1 aromatic carbocycles. The Morgan fingerprint density at radius 2 is 2.04 bits per heavy atom. The van der Waals surface area contributed by atoms with Crippen molar-refractivity contribution in [2.24, 2.45) is 0 Å². The Kier molecular flexibility index (Phi) is 5.11. The zero-order valence-electron chi connectivity index (χ0n) is 15.0. The highest BCUT2D eigenvalue weighted by molar-refractivity contribution is 6.05. The van der Waals surface area contributed by atoms with Crippen LogP contribution >= 0.6 is 0 Å². The predicted octanol–water partition coefficient (Wildman–Crippen LogP) is 4.70. The summed E-state index contributed by atoms with van der Waals surface area (Å²) in [7, 11) is 0. The summed E-state index contributed by atoms with van der Waals surface area (Å²) in [4.78, 5) is 21.2. The molecule has 6 heteroatoms. The number of esters is 1. The Morgan fingerprint density at radius 3 is 2.77 bits per heavy atom. The second kappa shape index (κ2) is 7.47. The first-order valence-corrected chi connectivity index (χ1v) is 8.46. The Labute approximate surface area is 151 Å². The van der Waals surface area contributed by atoms with Gasteiger partial charge in [-0.25, -0.2) is 19.2 Å². The number of carbonyl (C=O) groups is 1. The molecule has 0 amide bonds. The number of pyridine rings is 2. The number of nitrogens with one attached hydrogen (secondary N) is 1. The number of hydrogen-bond acceptors (Lipinski definition) is 5. The van der Waals surface area contributed by atoms with Gasteiger partial charge in [-0.3, -0.25) is 0 Å². The van der Waals surface area contributed by atoms with Crippen LogP contribution in [-0.4, -0.2) is 22.5 Å². The van der Waals surface area contributed by atoms with Gasteiger partial charge in [-0.15, -0.1) is 0 Å². The molecular formula is C20H20FN3O2. The third-order valence-electron chi connectivity index (χ3n) is 3.97. The van der Waals surface area contributed by atoms with Crippen molar-refractivity contribution in [3.63, 3.8) is 0 Å². The topological polar surface area (TPSA) is 64.1 Å². The number of hydrogen-bond donors (Lipinski definition) is 1. The van der Waals surface area contributed by atoms with E-state index in [4.69, 9.17) is 4.74 Å². The van der Waals surface area contributed by atoms with Crippen molar-refractivity contribution < 1.29 is 13.9 Å². The van der Waals surface area contributed by atoms with Gasteiger partial charge in [0.2, 0.25) is 0 Å². The largest absolute Gasteiger partial charge is 0.462 e. The zero-order chi connectivity index (χ0) is 18.7. The van der Waals surface area contributed by atoms with Crippen LogP contribution in [-0.2, 0) is 4.74 Å². The minimum atomic E-state index is -0.455. The number of rotatable bonds is 5. The number of aromatic nitrogens is 2. The number of ether oxygens (including phenoxy) is 1. The second-order valence-electron chi connectivity index (χ2n) is 6.09. The van der Waals surface area contributed by atoms with Crippen LogP contribution in [0, 0.1) is 19.7 Å². The van der Waals surface area contributed by atoms with Crippen LogP contribution < -0.4 is 5.32 Å². The average Bonchev–Trinajstić information content (AvgIpc) is 2.61. The molecule has 0 bridgehead atoms. The summed E-state index contributed by atoms with van der Waals surface area (Å²) in [6, 6.07) is 8.16. The summed E-state index contributed by atoms with van der Waals surface area (Å²) in [5.74, 6) is -0.767. The standard InChI is InChI=1S/C20H20FN3O2/c1-4-9-26-20(25)16-11-22-19-15(7-5-13(3)23-19)18(16)24-17-8-6-14(21)10-12(17)2/h5-8,10-11H,4,9H2,1-3H3,(H,22,23,24). The Bertz CT molecular complexity index is 973. The van der Waals surface area contributed by atoms with Crippen LogP contribution in [0.1, 0.15) is 35.0 Å². The average molecular weight is 353 g/mol. The third kappa shape index (κ3) is 3.64. The molecule has 26 heavy (non-hydrogen) atoms. The molecule has 3 rings (SSSR count). The van der Waals surface area contributed by atoms with Crippen LogP contribution in [0.25, 0.3) is 11.0 Å². The first kappa shape index (κ1) is 17.8. The van der Waals surface area contributed by atoms with E-state index in [-0.39, 0.29) is 5.82 Å². The van der Waals surface area contributed by atoms with E-state index in [2.05, 4.69) is 15.3 Å². The fraction of sp³-hybridized carbons (Fsp3) is 0.250. The molecule has 134 valence electrons.